The number of carbonyl (C=O) groups excluding carboxylic acids is 2. The Morgan fingerprint density at radius 1 is 0.582 bits per heavy atom. The molecule has 0 amide bonds. The van der Waals surface area contributed by atoms with Crippen LogP contribution in [0.5, 0.6) is 5.75 Å². The van der Waals surface area contributed by atoms with Crippen LogP contribution in [0.25, 0.3) is 6.08 Å². The minimum Gasteiger partial charge on any atom is -0.497 e. The highest BCUT2D eigenvalue weighted by molar-refractivity contribution is 5.87. The number of esters is 2. The molecule has 1 aromatic carbocycles. The molecule has 5 aliphatic carbocycles. The van der Waals surface area contributed by atoms with E-state index in [4.69, 9.17) is 56.8 Å². The number of hydrogen-bond donors (Lipinski definition) is 15. The molecular weight excluding hydrogens is 1300 g/mol. The minimum absolute atomic E-state index is 0.00304. The van der Waals surface area contributed by atoms with Crippen molar-refractivity contribution in [3.8, 4) is 5.75 Å². The van der Waals surface area contributed by atoms with Crippen molar-refractivity contribution >= 4 is 24.0 Å². The molecule has 4 saturated carbocycles. The van der Waals surface area contributed by atoms with Crippen LogP contribution in [0.3, 0.4) is 0 Å². The number of allylic oxidation sites excluding steroid dienone is 1. The van der Waals surface area contributed by atoms with Gasteiger partial charge in [0.1, 0.15) is 97.3 Å². The zero-order valence-corrected chi connectivity index (χ0v) is 56.2. The second-order valence-electron chi connectivity index (χ2n) is 30.5. The molecular formula is C68H100O30. The van der Waals surface area contributed by atoms with Crippen molar-refractivity contribution in [3.63, 3.8) is 0 Å². The molecule has 5 saturated heterocycles. The van der Waals surface area contributed by atoms with E-state index in [2.05, 4.69) is 26.8 Å². The molecule has 5 aliphatic heterocycles. The molecule has 0 radical (unpaired) electrons. The lowest BCUT2D eigenvalue weighted by atomic mass is 9.33. The van der Waals surface area contributed by atoms with Crippen molar-refractivity contribution in [1.29, 1.82) is 0 Å². The highest BCUT2D eigenvalue weighted by atomic mass is 16.8. The fourth-order valence-corrected chi connectivity index (χ4v) is 18.8. The molecule has 5 heterocycles. The van der Waals surface area contributed by atoms with Crippen LogP contribution < -0.4 is 4.74 Å². The van der Waals surface area contributed by atoms with Gasteiger partial charge in [0.05, 0.1) is 62.7 Å². The molecule has 98 heavy (non-hydrogen) atoms. The molecule has 0 bridgehead atoms. The molecule has 0 aromatic heterocycles. The Hall–Kier alpha value is -4.01. The van der Waals surface area contributed by atoms with Gasteiger partial charge in [-0.1, -0.05) is 51.5 Å². The van der Waals surface area contributed by atoms with Gasteiger partial charge in [0.25, 0.3) is 0 Å². The summed E-state index contributed by atoms with van der Waals surface area (Å²) in [6, 6.07) is 6.74. The monoisotopic (exact) mass is 1400 g/mol. The second kappa shape index (κ2) is 28.6. The summed E-state index contributed by atoms with van der Waals surface area (Å²) in [7, 11) is 1.50. The van der Waals surface area contributed by atoms with Crippen LogP contribution in [0.2, 0.25) is 0 Å². The molecule has 11 rings (SSSR count). The third kappa shape index (κ3) is 13.0. The number of aliphatic hydroxyl groups excluding tert-OH is 14. The third-order valence-electron chi connectivity index (χ3n) is 24.4. The molecule has 552 valence electrons. The van der Waals surface area contributed by atoms with Crippen LogP contribution >= 0.6 is 0 Å². The number of fused-ring (bicyclic) bond motifs is 7. The number of carboxylic acid groups (broad SMARTS) is 1. The predicted octanol–water partition coefficient (Wildman–Crippen LogP) is -1.60. The van der Waals surface area contributed by atoms with Crippen molar-refractivity contribution in [3.05, 3.63) is 47.6 Å². The Kier molecular flexibility index (Phi) is 21.9. The van der Waals surface area contributed by atoms with E-state index in [0.29, 0.717) is 37.0 Å². The first-order valence-corrected chi connectivity index (χ1v) is 34.0. The highest BCUT2D eigenvalue weighted by Crippen LogP contribution is 2.76. The van der Waals surface area contributed by atoms with Gasteiger partial charge in [-0.05, 0) is 136 Å². The lowest BCUT2D eigenvalue weighted by molar-refractivity contribution is -0.390. The number of ether oxygens (including phenoxy) is 12. The minimum atomic E-state index is -2.08. The number of methoxy groups -OCH3 is 1. The van der Waals surface area contributed by atoms with Gasteiger partial charge < -0.3 is 133 Å². The molecule has 10 aliphatic rings. The number of carbonyl (C=O) groups is 3. The first-order chi connectivity index (χ1) is 46.1. The third-order valence-corrected chi connectivity index (χ3v) is 24.4. The molecule has 1 aromatic rings. The van der Waals surface area contributed by atoms with E-state index < -0.39 is 230 Å². The number of carboxylic acids is 1. The molecule has 0 spiro atoms. The van der Waals surface area contributed by atoms with Gasteiger partial charge >= 0.3 is 17.9 Å². The Morgan fingerprint density at radius 3 is 1.78 bits per heavy atom. The van der Waals surface area contributed by atoms with Crippen molar-refractivity contribution in [2.75, 3.05) is 33.5 Å². The Morgan fingerprint density at radius 2 is 1.16 bits per heavy atom. The maximum Gasteiger partial charge on any atom is 0.331 e. The lowest BCUT2D eigenvalue weighted by Crippen LogP contribution is -2.71. The van der Waals surface area contributed by atoms with Crippen LogP contribution in [0.15, 0.2) is 42.0 Å². The standard InChI is InChI=1S/C68H100O30/c1-29-51(93-41(74)16-11-31-9-12-32(87-8)13-10-31)49(82)54(96-59-50(83)53(95-57-47(80)43(76)37(73)27-89-57)52(30(2)90-59)94-56-46(79)42(75)36(72)26-88-56)60(91-29)98-62(86)67-20-19-63(3,4)23-34(67)33-14-15-39-64(5)24-35(71)55(97-58-48(81)45(78)44(77)38(25-69)92-58)66(7,61(84)85)40(64)17-18-65(39,6)68(33,28-70)22-21-67/h9-14,16,29-30,34-40,42-60,69-73,75-83H,15,17-28H2,1-8H3,(H,84,85)/t29-,30+,34+,35+,36-,37+,38-,39-,40-,42+,43+,44-,45+,46-,47-,48-,49+,50-,51+,52+,53+,54-,55+,56+,57+,58+,59+,60+,64-,65-,66+,67+,68+/m1/s1. The van der Waals surface area contributed by atoms with Gasteiger partial charge in [-0.15, -0.1) is 0 Å². The van der Waals surface area contributed by atoms with Gasteiger partial charge in [0.15, 0.2) is 37.4 Å². The van der Waals surface area contributed by atoms with E-state index in [-0.39, 0.29) is 50.0 Å². The highest BCUT2D eigenvalue weighted by Gasteiger charge is 2.74. The van der Waals surface area contributed by atoms with E-state index in [1.807, 2.05) is 6.92 Å². The summed E-state index contributed by atoms with van der Waals surface area (Å²) >= 11 is 0. The van der Waals surface area contributed by atoms with E-state index >= 15 is 4.79 Å². The number of hydrogen-bond acceptors (Lipinski definition) is 29. The van der Waals surface area contributed by atoms with E-state index in [1.54, 1.807) is 24.3 Å². The Bertz CT molecular complexity index is 3040. The largest absolute Gasteiger partial charge is 0.497 e. The first-order valence-electron chi connectivity index (χ1n) is 34.0. The van der Waals surface area contributed by atoms with Crippen molar-refractivity contribution in [1.82, 2.24) is 0 Å². The molecule has 30 nitrogen and oxygen atoms in total. The van der Waals surface area contributed by atoms with Crippen molar-refractivity contribution in [2.45, 2.75) is 260 Å². The molecule has 30 heteroatoms. The summed E-state index contributed by atoms with van der Waals surface area (Å²) < 4.78 is 72.3. The van der Waals surface area contributed by atoms with Gasteiger partial charge in [-0.2, -0.15) is 0 Å². The fourth-order valence-electron chi connectivity index (χ4n) is 18.8. The van der Waals surface area contributed by atoms with Gasteiger partial charge in [0.2, 0.25) is 6.29 Å². The normalized spacial score (nSPS) is 49.4. The van der Waals surface area contributed by atoms with Crippen molar-refractivity contribution in [2.24, 2.45) is 50.2 Å². The summed E-state index contributed by atoms with van der Waals surface area (Å²) in [6.45, 7) is 10.4. The average Bonchev–Trinajstić information content (AvgIpc) is 0.670. The Balaban J connectivity index is 0.904. The summed E-state index contributed by atoms with van der Waals surface area (Å²) in [5.74, 6) is -4.13. The van der Waals surface area contributed by atoms with Crippen LogP contribution in [-0.2, 0) is 66.5 Å². The van der Waals surface area contributed by atoms with Crippen LogP contribution in [-0.4, -0.2) is 282 Å². The van der Waals surface area contributed by atoms with Crippen molar-refractivity contribution < 1.29 is 148 Å². The van der Waals surface area contributed by atoms with E-state index in [9.17, 15) is 86.2 Å². The fraction of sp³-hybridized carbons (Fsp3) is 0.809. The summed E-state index contributed by atoms with van der Waals surface area (Å²) in [4.78, 5) is 43.7. The maximum absolute atomic E-state index is 16.0. The molecule has 9 fully saturated rings. The number of benzene rings is 1. The zero-order valence-electron chi connectivity index (χ0n) is 56.2. The maximum atomic E-state index is 16.0. The van der Waals surface area contributed by atoms with Gasteiger partial charge in [0, 0.05) is 11.5 Å². The average molecular weight is 1400 g/mol. The SMILES string of the molecule is COc1ccc(C=CC(=O)O[C@@H]2[C@H](O)[C@@H](O[C@@H]3O[C@@H](C)[C@H](O[C@@H]4OC[C@@H](O)[C@H](O)[C@H]4O)[C@@H](O[C@@H]4OC[C@H](O)[C@H](O)[C@H]4O)[C@H]3O)[C@H](OC(=O)[C@]34CCC(C)(C)C[C@H]3C3=CC[C@@H]5[C@@]6(C)C[C@H](O)[C@H](O[C@@H]7O[C@H](CO)[C@@H](O)[C@H](O)[C@H]7O)[C@@](C)(C(=O)O)[C@@H]6CC[C@@]5(C)[C@]3(CO)CC4)O[C@@H]2C)cc1. The summed E-state index contributed by atoms with van der Waals surface area (Å²) in [5, 5.41) is 167. The van der Waals surface area contributed by atoms with Gasteiger partial charge in [-0.3, -0.25) is 9.59 Å². The van der Waals surface area contributed by atoms with Crippen LogP contribution in [0.1, 0.15) is 112 Å². The van der Waals surface area contributed by atoms with Gasteiger partial charge in [-0.25, -0.2) is 4.79 Å². The molecule has 15 N–H and O–H groups in total. The molecule has 0 unspecified atom stereocenters. The molecule has 33 atom stereocenters. The van der Waals surface area contributed by atoms with E-state index in [0.717, 1.165) is 11.6 Å². The zero-order chi connectivity index (χ0) is 71.3. The summed E-state index contributed by atoms with van der Waals surface area (Å²) in [6.07, 6.45) is -35.4. The first kappa shape index (κ1) is 75.2. The van der Waals surface area contributed by atoms with Crippen LogP contribution in [0, 0.1) is 50.2 Å². The quantitative estimate of drug-likeness (QED) is 0.0362. The predicted molar refractivity (Wildman–Crippen MR) is 331 cm³/mol. The Labute approximate surface area is 566 Å². The summed E-state index contributed by atoms with van der Waals surface area (Å²) in [5.41, 5.74) is -4.97. The smallest absolute Gasteiger partial charge is 0.331 e. The second-order valence-corrected chi connectivity index (χ2v) is 30.5. The number of aliphatic hydroxyl groups is 14. The number of aliphatic carboxylic acids is 1. The lowest BCUT2D eigenvalue weighted by Gasteiger charge is -2.71. The van der Waals surface area contributed by atoms with Crippen LogP contribution in [0.4, 0.5) is 0 Å². The number of rotatable bonds is 17. The topological polar surface area (TPSA) is 465 Å². The van der Waals surface area contributed by atoms with E-state index in [1.165, 1.54) is 34.0 Å².